The first-order chi connectivity index (χ1) is 15.0. The van der Waals surface area contributed by atoms with Gasteiger partial charge in [-0.2, -0.15) is 0 Å². The highest BCUT2D eigenvalue weighted by molar-refractivity contribution is 6.34. The van der Waals surface area contributed by atoms with Gasteiger partial charge in [0, 0.05) is 17.1 Å². The summed E-state index contributed by atoms with van der Waals surface area (Å²) in [6, 6.07) is 23.7. The number of halogens is 1. The predicted octanol–water partition coefficient (Wildman–Crippen LogP) is 5.91. The fourth-order valence-electron chi connectivity index (χ4n) is 3.02. The number of nitrogens with one attached hydrogen (secondary N) is 2. The van der Waals surface area contributed by atoms with E-state index in [9.17, 15) is 9.59 Å². The van der Waals surface area contributed by atoms with E-state index >= 15 is 0 Å². The first-order valence-electron chi connectivity index (χ1n) is 10.2. The molecule has 0 heterocycles. The van der Waals surface area contributed by atoms with Crippen LogP contribution in [0.2, 0.25) is 5.02 Å². The highest BCUT2D eigenvalue weighted by Gasteiger charge is 2.17. The Morgan fingerprint density at radius 1 is 0.903 bits per heavy atom. The Bertz CT molecular complexity index is 1090. The van der Waals surface area contributed by atoms with Crippen molar-refractivity contribution in [3.05, 3.63) is 101 Å². The fraction of sp³-hybridized carbons (Fsp3) is 0.154. The molecule has 31 heavy (non-hydrogen) atoms. The van der Waals surface area contributed by atoms with Gasteiger partial charge in [-0.05, 0) is 41.3 Å². The molecule has 0 saturated heterocycles. The zero-order chi connectivity index (χ0) is 22.2. The van der Waals surface area contributed by atoms with Crippen LogP contribution in [-0.4, -0.2) is 18.4 Å². The van der Waals surface area contributed by atoms with Crippen LogP contribution >= 0.6 is 11.6 Å². The van der Waals surface area contributed by atoms with Crippen molar-refractivity contribution in [3.63, 3.8) is 0 Å². The van der Waals surface area contributed by atoms with Gasteiger partial charge in [-0.25, -0.2) is 0 Å². The SMILES string of the molecule is CC(C)CNC(=O)c1ccccc1NC(=O)/C(=C/c1ccccc1Cl)c1ccccc1. The topological polar surface area (TPSA) is 58.2 Å². The molecule has 0 aliphatic carbocycles. The maximum absolute atomic E-state index is 13.3. The van der Waals surface area contributed by atoms with E-state index < -0.39 is 0 Å². The van der Waals surface area contributed by atoms with Crippen LogP contribution in [0.15, 0.2) is 78.9 Å². The van der Waals surface area contributed by atoms with Crippen LogP contribution in [0.25, 0.3) is 11.6 Å². The summed E-state index contributed by atoms with van der Waals surface area (Å²) in [6.07, 6.45) is 1.76. The Morgan fingerprint density at radius 3 is 2.26 bits per heavy atom. The first-order valence-corrected chi connectivity index (χ1v) is 10.5. The zero-order valence-corrected chi connectivity index (χ0v) is 18.3. The Morgan fingerprint density at radius 2 is 1.55 bits per heavy atom. The van der Waals surface area contributed by atoms with Gasteiger partial charge in [0.25, 0.3) is 11.8 Å². The largest absolute Gasteiger partial charge is 0.352 e. The van der Waals surface area contributed by atoms with Gasteiger partial charge in [-0.3, -0.25) is 9.59 Å². The van der Waals surface area contributed by atoms with E-state index in [2.05, 4.69) is 10.6 Å². The van der Waals surface area contributed by atoms with Gasteiger partial charge in [0.1, 0.15) is 0 Å². The molecular formula is C26H25ClN2O2. The number of anilines is 1. The normalized spacial score (nSPS) is 11.3. The monoisotopic (exact) mass is 432 g/mol. The molecule has 0 radical (unpaired) electrons. The predicted molar refractivity (Wildman–Crippen MR) is 128 cm³/mol. The molecule has 0 aliphatic rings. The molecule has 0 unspecified atom stereocenters. The maximum Gasteiger partial charge on any atom is 0.256 e. The summed E-state index contributed by atoms with van der Waals surface area (Å²) in [4.78, 5) is 25.9. The average Bonchev–Trinajstić information content (AvgIpc) is 2.77. The lowest BCUT2D eigenvalue weighted by molar-refractivity contribution is -0.111. The van der Waals surface area contributed by atoms with Gasteiger partial charge in [0.2, 0.25) is 0 Å². The summed E-state index contributed by atoms with van der Waals surface area (Å²) in [5.41, 5.74) is 2.81. The quantitative estimate of drug-likeness (QED) is 0.360. The summed E-state index contributed by atoms with van der Waals surface area (Å²) < 4.78 is 0. The molecule has 0 aromatic heterocycles. The van der Waals surface area contributed by atoms with Crippen LogP contribution in [0, 0.1) is 5.92 Å². The zero-order valence-electron chi connectivity index (χ0n) is 17.6. The summed E-state index contributed by atoms with van der Waals surface area (Å²) in [5.74, 6) is -0.217. The lowest BCUT2D eigenvalue weighted by Gasteiger charge is -2.14. The van der Waals surface area contributed by atoms with E-state index in [1.807, 2.05) is 62.4 Å². The molecule has 4 nitrogen and oxygen atoms in total. The van der Waals surface area contributed by atoms with Gasteiger partial charge in [-0.1, -0.05) is 86.1 Å². The second-order valence-corrected chi connectivity index (χ2v) is 7.96. The van der Waals surface area contributed by atoms with Crippen molar-refractivity contribution in [2.45, 2.75) is 13.8 Å². The van der Waals surface area contributed by atoms with Gasteiger partial charge >= 0.3 is 0 Å². The standard InChI is InChI=1S/C26H25ClN2O2/c1-18(2)17-28-25(30)21-13-7-9-15-24(21)29-26(31)22(19-10-4-3-5-11-19)16-20-12-6-8-14-23(20)27/h3-16,18H,17H2,1-2H3,(H,28,30)(H,29,31)/b22-16+. The number of carbonyl (C=O) groups excluding carboxylic acids is 2. The van der Waals surface area contributed by atoms with Crippen molar-refractivity contribution >= 4 is 40.8 Å². The van der Waals surface area contributed by atoms with E-state index in [4.69, 9.17) is 11.6 Å². The van der Waals surface area contributed by atoms with E-state index in [0.29, 0.717) is 34.3 Å². The highest BCUT2D eigenvalue weighted by atomic mass is 35.5. The average molecular weight is 433 g/mol. The molecule has 0 atom stereocenters. The molecule has 0 aliphatic heterocycles. The smallest absolute Gasteiger partial charge is 0.256 e. The highest BCUT2D eigenvalue weighted by Crippen LogP contribution is 2.25. The van der Waals surface area contributed by atoms with Gasteiger partial charge < -0.3 is 10.6 Å². The molecular weight excluding hydrogens is 408 g/mol. The van der Waals surface area contributed by atoms with Crippen molar-refractivity contribution in [2.75, 3.05) is 11.9 Å². The number of hydrogen-bond acceptors (Lipinski definition) is 2. The Hall–Kier alpha value is -3.37. The molecule has 0 spiro atoms. The molecule has 3 aromatic carbocycles. The lowest BCUT2D eigenvalue weighted by atomic mass is 10.0. The number of carbonyl (C=O) groups is 2. The summed E-state index contributed by atoms with van der Waals surface area (Å²) in [7, 11) is 0. The van der Waals surface area contributed by atoms with Crippen molar-refractivity contribution in [1.29, 1.82) is 0 Å². The van der Waals surface area contributed by atoms with E-state index in [1.165, 1.54) is 0 Å². The molecule has 0 fully saturated rings. The van der Waals surface area contributed by atoms with E-state index in [-0.39, 0.29) is 11.8 Å². The van der Waals surface area contributed by atoms with Gasteiger partial charge in [0.15, 0.2) is 0 Å². The Kier molecular flexibility index (Phi) is 7.63. The third-order valence-corrected chi connectivity index (χ3v) is 4.97. The molecule has 0 saturated carbocycles. The minimum atomic E-state index is -0.324. The number of para-hydroxylation sites is 1. The number of benzene rings is 3. The van der Waals surface area contributed by atoms with Crippen LogP contribution in [0.3, 0.4) is 0 Å². The van der Waals surface area contributed by atoms with Crippen molar-refractivity contribution < 1.29 is 9.59 Å². The van der Waals surface area contributed by atoms with Crippen LogP contribution in [0.5, 0.6) is 0 Å². The maximum atomic E-state index is 13.3. The summed E-state index contributed by atoms with van der Waals surface area (Å²) in [6.45, 7) is 4.61. The van der Waals surface area contributed by atoms with Gasteiger partial charge in [-0.15, -0.1) is 0 Å². The van der Waals surface area contributed by atoms with Crippen LogP contribution < -0.4 is 10.6 Å². The Labute approximate surface area is 188 Å². The minimum absolute atomic E-state index is 0.221. The van der Waals surface area contributed by atoms with Crippen molar-refractivity contribution in [2.24, 2.45) is 5.92 Å². The third-order valence-electron chi connectivity index (χ3n) is 4.63. The van der Waals surface area contributed by atoms with Crippen LogP contribution in [-0.2, 0) is 4.79 Å². The van der Waals surface area contributed by atoms with Crippen LogP contribution in [0.1, 0.15) is 35.3 Å². The minimum Gasteiger partial charge on any atom is -0.352 e. The molecule has 0 bridgehead atoms. The van der Waals surface area contributed by atoms with Crippen LogP contribution in [0.4, 0.5) is 5.69 Å². The van der Waals surface area contributed by atoms with Crippen molar-refractivity contribution in [3.8, 4) is 0 Å². The molecule has 2 amide bonds. The molecule has 2 N–H and O–H groups in total. The van der Waals surface area contributed by atoms with Gasteiger partial charge in [0.05, 0.1) is 11.3 Å². The first kappa shape index (κ1) is 22.3. The Balaban J connectivity index is 1.94. The second kappa shape index (κ2) is 10.6. The summed E-state index contributed by atoms with van der Waals surface area (Å²) in [5, 5.41) is 6.36. The molecule has 3 aromatic rings. The van der Waals surface area contributed by atoms with E-state index in [0.717, 1.165) is 11.1 Å². The number of hydrogen-bond donors (Lipinski definition) is 2. The van der Waals surface area contributed by atoms with E-state index in [1.54, 1.807) is 36.4 Å². The number of rotatable bonds is 7. The lowest BCUT2D eigenvalue weighted by Crippen LogP contribution is -2.28. The molecule has 158 valence electrons. The third kappa shape index (κ3) is 6.06. The number of amides is 2. The molecule has 3 rings (SSSR count). The summed E-state index contributed by atoms with van der Waals surface area (Å²) >= 11 is 6.32. The second-order valence-electron chi connectivity index (χ2n) is 7.55. The fourth-order valence-corrected chi connectivity index (χ4v) is 3.21. The molecule has 5 heteroatoms. The van der Waals surface area contributed by atoms with Crippen molar-refractivity contribution in [1.82, 2.24) is 5.32 Å².